The van der Waals surface area contributed by atoms with E-state index >= 15 is 0 Å². The summed E-state index contributed by atoms with van der Waals surface area (Å²) in [6.07, 6.45) is -0.632. The van der Waals surface area contributed by atoms with E-state index in [0.717, 1.165) is 11.7 Å². The number of hydrogen-bond acceptors (Lipinski definition) is 13. The van der Waals surface area contributed by atoms with Crippen LogP contribution < -0.4 is 15.0 Å². The zero-order valence-electron chi connectivity index (χ0n) is 19.5. The minimum absolute atomic E-state index is 0.0668. The summed E-state index contributed by atoms with van der Waals surface area (Å²) >= 11 is 1.06. The number of nitrogens with zero attached hydrogens (tertiary/aromatic N) is 4. The van der Waals surface area contributed by atoms with Crippen LogP contribution in [0.25, 0.3) is 0 Å². The predicted octanol–water partition coefficient (Wildman–Crippen LogP) is 1.88. The van der Waals surface area contributed by atoms with Crippen molar-refractivity contribution in [3.8, 4) is 5.88 Å². The van der Waals surface area contributed by atoms with Crippen LogP contribution >= 0.6 is 11.7 Å². The molecule has 1 aliphatic rings. The minimum atomic E-state index is -0.632. The standard InChI is InChI=1S/C21H31N5O7S/c1-21(2,3)22-12-16(14-31-19-18(23-34-24-19)25-8-10-30-11-9-25)33-20(27)17-7-5-4-6-15(17)13-32-26(28)29/h4-7,16,22,28-29H,8-14H2,1-3H3. The smallest absolute Gasteiger partial charge is 0.338 e. The Morgan fingerprint density at radius 3 is 2.71 bits per heavy atom. The second-order valence-electron chi connectivity index (χ2n) is 8.64. The molecule has 3 rings (SSSR count). The maximum Gasteiger partial charge on any atom is 0.338 e. The molecule has 1 unspecified atom stereocenters. The molecule has 12 nitrogen and oxygen atoms in total. The fourth-order valence-electron chi connectivity index (χ4n) is 3.15. The van der Waals surface area contributed by atoms with Crippen molar-refractivity contribution < 1.29 is 34.3 Å². The van der Waals surface area contributed by atoms with Gasteiger partial charge in [-0.15, -0.1) is 4.37 Å². The third-order valence-corrected chi connectivity index (χ3v) is 5.37. The van der Waals surface area contributed by atoms with E-state index in [4.69, 9.17) is 24.6 Å². The Kier molecular flexibility index (Phi) is 9.53. The number of hydrogen-bond donors (Lipinski definition) is 3. The first kappa shape index (κ1) is 26.2. The second kappa shape index (κ2) is 12.4. The lowest BCUT2D eigenvalue weighted by atomic mass is 10.1. The SMILES string of the molecule is CC(C)(C)NCC(COc1nsnc1N1CCOCC1)OC(=O)c1ccccc1CON(O)O. The number of ether oxygens (including phenoxy) is 3. The molecule has 34 heavy (non-hydrogen) atoms. The molecule has 1 fully saturated rings. The first-order valence-electron chi connectivity index (χ1n) is 10.9. The van der Waals surface area contributed by atoms with E-state index in [1.807, 2.05) is 20.8 Å². The quantitative estimate of drug-likeness (QED) is 0.308. The summed E-state index contributed by atoms with van der Waals surface area (Å²) < 4.78 is 25.7. The van der Waals surface area contributed by atoms with Gasteiger partial charge in [-0.25, -0.2) is 9.63 Å². The first-order chi connectivity index (χ1) is 16.2. The molecule has 0 radical (unpaired) electrons. The molecule has 1 aromatic carbocycles. The van der Waals surface area contributed by atoms with Crippen LogP contribution in [-0.2, 0) is 20.9 Å². The van der Waals surface area contributed by atoms with Crippen LogP contribution in [0.2, 0.25) is 0 Å². The topological polar surface area (TPSA) is 139 Å². The van der Waals surface area contributed by atoms with Crippen LogP contribution in [0.1, 0.15) is 36.7 Å². The number of esters is 1. The van der Waals surface area contributed by atoms with Crippen molar-refractivity contribution in [2.75, 3.05) is 44.4 Å². The highest BCUT2D eigenvalue weighted by molar-refractivity contribution is 6.99. The van der Waals surface area contributed by atoms with Gasteiger partial charge in [0.2, 0.25) is 5.82 Å². The number of aromatic nitrogens is 2. The van der Waals surface area contributed by atoms with Gasteiger partial charge in [0.25, 0.3) is 5.88 Å². The average molecular weight is 498 g/mol. The molecule has 0 saturated carbocycles. The van der Waals surface area contributed by atoms with Crippen molar-refractivity contribution >= 4 is 23.5 Å². The highest BCUT2D eigenvalue weighted by Crippen LogP contribution is 2.26. The Bertz CT molecular complexity index is 915. The van der Waals surface area contributed by atoms with Crippen LogP contribution in [-0.4, -0.2) is 81.6 Å². The Balaban J connectivity index is 1.68. The maximum atomic E-state index is 13.0. The minimum Gasteiger partial charge on any atom is -0.470 e. The molecule has 0 bridgehead atoms. The molecule has 1 saturated heterocycles. The summed E-state index contributed by atoms with van der Waals surface area (Å²) in [7, 11) is 0. The number of anilines is 1. The third-order valence-electron chi connectivity index (χ3n) is 4.87. The molecule has 0 aliphatic carbocycles. The van der Waals surface area contributed by atoms with Crippen molar-refractivity contribution in [3.05, 3.63) is 35.4 Å². The Morgan fingerprint density at radius 1 is 1.26 bits per heavy atom. The second-order valence-corrected chi connectivity index (χ2v) is 9.17. The molecule has 1 aromatic heterocycles. The van der Waals surface area contributed by atoms with Crippen LogP contribution in [0.3, 0.4) is 0 Å². The van der Waals surface area contributed by atoms with E-state index in [-0.39, 0.29) is 24.3 Å². The van der Waals surface area contributed by atoms with Crippen LogP contribution in [0.15, 0.2) is 24.3 Å². The molecule has 0 amide bonds. The largest absolute Gasteiger partial charge is 0.470 e. The zero-order chi connectivity index (χ0) is 24.6. The summed E-state index contributed by atoms with van der Waals surface area (Å²) in [5.74, 6) is 0.460. The van der Waals surface area contributed by atoms with Crippen molar-refractivity contribution in [2.45, 2.75) is 39.0 Å². The number of carbonyl (C=O) groups excluding carboxylic acids is 1. The van der Waals surface area contributed by atoms with Crippen molar-refractivity contribution in [1.82, 2.24) is 19.5 Å². The zero-order valence-corrected chi connectivity index (χ0v) is 20.3. The van der Waals surface area contributed by atoms with Gasteiger partial charge < -0.3 is 24.4 Å². The van der Waals surface area contributed by atoms with E-state index < -0.39 is 17.5 Å². The highest BCUT2D eigenvalue weighted by Gasteiger charge is 2.24. The predicted molar refractivity (Wildman–Crippen MR) is 122 cm³/mol. The molecule has 1 atom stereocenters. The van der Waals surface area contributed by atoms with Gasteiger partial charge in [0, 0.05) is 25.2 Å². The van der Waals surface area contributed by atoms with Gasteiger partial charge in [-0.3, -0.25) is 10.4 Å². The van der Waals surface area contributed by atoms with Crippen LogP contribution in [0.5, 0.6) is 5.88 Å². The lowest BCUT2D eigenvalue weighted by Gasteiger charge is -2.27. The average Bonchev–Trinajstić information content (AvgIpc) is 3.28. The molecule has 1 aliphatic heterocycles. The van der Waals surface area contributed by atoms with Crippen molar-refractivity contribution in [1.29, 1.82) is 0 Å². The van der Waals surface area contributed by atoms with Gasteiger partial charge in [-0.05, 0) is 32.4 Å². The lowest BCUT2D eigenvalue weighted by Crippen LogP contribution is -2.44. The molecule has 188 valence electrons. The lowest BCUT2D eigenvalue weighted by molar-refractivity contribution is -0.497. The number of carbonyl (C=O) groups is 1. The first-order valence-corrected chi connectivity index (χ1v) is 11.6. The Hall–Kier alpha value is -2.39. The van der Waals surface area contributed by atoms with Gasteiger partial charge >= 0.3 is 5.97 Å². The molecule has 3 N–H and O–H groups in total. The van der Waals surface area contributed by atoms with Crippen molar-refractivity contribution in [3.63, 3.8) is 0 Å². The number of morpholine rings is 1. The normalized spacial score (nSPS) is 15.4. The molecule has 2 aromatic rings. The molecular formula is C21H31N5O7S. The highest BCUT2D eigenvalue weighted by atomic mass is 32.1. The third kappa shape index (κ3) is 8.13. The van der Waals surface area contributed by atoms with Gasteiger partial charge in [0.05, 0.1) is 42.5 Å². The van der Waals surface area contributed by atoms with E-state index in [2.05, 4.69) is 23.8 Å². The van der Waals surface area contributed by atoms with Crippen LogP contribution in [0, 0.1) is 0 Å². The number of benzene rings is 1. The van der Waals surface area contributed by atoms with Gasteiger partial charge in [0.1, 0.15) is 12.7 Å². The molecular weight excluding hydrogens is 466 g/mol. The molecule has 0 spiro atoms. The van der Waals surface area contributed by atoms with Gasteiger partial charge in [-0.2, -0.15) is 4.37 Å². The number of rotatable bonds is 11. The summed E-state index contributed by atoms with van der Waals surface area (Å²) in [6, 6.07) is 6.60. The summed E-state index contributed by atoms with van der Waals surface area (Å²) in [6.45, 7) is 8.83. The van der Waals surface area contributed by atoms with E-state index in [0.29, 0.717) is 50.1 Å². The fraction of sp³-hybridized carbons (Fsp3) is 0.571. The Labute approximate surface area is 202 Å². The fourth-order valence-corrected chi connectivity index (χ4v) is 3.67. The Morgan fingerprint density at radius 2 is 2.00 bits per heavy atom. The molecule has 2 heterocycles. The van der Waals surface area contributed by atoms with Crippen LogP contribution in [0.4, 0.5) is 5.82 Å². The maximum absolute atomic E-state index is 13.0. The van der Waals surface area contributed by atoms with E-state index in [1.54, 1.807) is 24.3 Å². The van der Waals surface area contributed by atoms with Crippen molar-refractivity contribution in [2.24, 2.45) is 0 Å². The summed E-state index contributed by atoms with van der Waals surface area (Å²) in [5.41, 5.74) is 0.472. The number of nitrogens with one attached hydrogen (secondary N) is 1. The van der Waals surface area contributed by atoms with Gasteiger partial charge in [0.15, 0.2) is 0 Å². The monoisotopic (exact) mass is 497 g/mol. The molecule has 13 heteroatoms. The van der Waals surface area contributed by atoms with E-state index in [1.165, 1.54) is 0 Å². The van der Waals surface area contributed by atoms with Gasteiger partial charge in [-0.1, -0.05) is 18.2 Å². The van der Waals surface area contributed by atoms with E-state index in [9.17, 15) is 4.79 Å². The summed E-state index contributed by atoms with van der Waals surface area (Å²) in [4.78, 5) is 19.7. The summed E-state index contributed by atoms with van der Waals surface area (Å²) in [5, 5.41) is 20.6.